The molecule has 6 heteroatoms. The van der Waals surface area contributed by atoms with Crippen molar-refractivity contribution >= 4 is 23.2 Å². The summed E-state index contributed by atoms with van der Waals surface area (Å²) >= 11 is 12.4. The predicted octanol–water partition coefficient (Wildman–Crippen LogP) is 4.89. The van der Waals surface area contributed by atoms with Gasteiger partial charge < -0.3 is 4.74 Å². The van der Waals surface area contributed by atoms with Gasteiger partial charge in [0, 0.05) is 25.5 Å². The van der Waals surface area contributed by atoms with Crippen molar-refractivity contribution in [2.24, 2.45) is 0 Å². The van der Waals surface area contributed by atoms with Crippen LogP contribution in [0.3, 0.4) is 0 Å². The van der Waals surface area contributed by atoms with Crippen molar-refractivity contribution in [2.45, 2.75) is 31.1 Å². The summed E-state index contributed by atoms with van der Waals surface area (Å²) in [5, 5.41) is 11.2. The van der Waals surface area contributed by atoms with Crippen molar-refractivity contribution in [1.29, 1.82) is 5.26 Å². The van der Waals surface area contributed by atoms with Gasteiger partial charge in [0.05, 0.1) is 34.7 Å². The first-order chi connectivity index (χ1) is 13.6. The molecule has 0 radical (unpaired) electrons. The molecule has 1 atom stereocenters. The van der Waals surface area contributed by atoms with E-state index in [2.05, 4.69) is 16.0 Å². The molecule has 2 heterocycles. The summed E-state index contributed by atoms with van der Waals surface area (Å²) in [5.74, 6) is 0. The quantitative estimate of drug-likeness (QED) is 0.573. The molecule has 1 aromatic carbocycles. The van der Waals surface area contributed by atoms with Gasteiger partial charge in [0.25, 0.3) is 0 Å². The molecule has 2 aromatic rings. The number of hydrogen-bond acceptors (Lipinski definition) is 4. The van der Waals surface area contributed by atoms with E-state index in [0.717, 1.165) is 63.2 Å². The molecule has 1 aliphatic rings. The fraction of sp³-hybridized carbons (Fsp3) is 0.455. The Balaban J connectivity index is 1.74. The minimum Gasteiger partial charge on any atom is -0.379 e. The van der Waals surface area contributed by atoms with Gasteiger partial charge in [0.15, 0.2) is 0 Å². The minimum absolute atomic E-state index is 0.485. The fourth-order valence-corrected chi connectivity index (χ4v) is 4.02. The lowest BCUT2D eigenvalue weighted by molar-refractivity contribution is 0.0370. The molecule has 1 aliphatic heterocycles. The predicted molar refractivity (Wildman–Crippen MR) is 113 cm³/mol. The molecule has 0 amide bonds. The molecule has 0 saturated carbocycles. The Morgan fingerprint density at radius 2 is 1.96 bits per heavy atom. The van der Waals surface area contributed by atoms with E-state index in [-0.39, 0.29) is 0 Å². The first-order valence-corrected chi connectivity index (χ1v) is 10.4. The lowest BCUT2D eigenvalue weighted by atomic mass is 9.73. The fourth-order valence-electron chi connectivity index (χ4n) is 3.73. The summed E-state index contributed by atoms with van der Waals surface area (Å²) in [4.78, 5) is 6.64. The number of benzene rings is 1. The first-order valence-electron chi connectivity index (χ1n) is 9.69. The number of nitriles is 1. The van der Waals surface area contributed by atoms with Crippen LogP contribution in [0.25, 0.3) is 0 Å². The third kappa shape index (κ3) is 5.46. The van der Waals surface area contributed by atoms with E-state index in [9.17, 15) is 5.26 Å². The van der Waals surface area contributed by atoms with Gasteiger partial charge in [-0.1, -0.05) is 41.8 Å². The van der Waals surface area contributed by atoms with Crippen LogP contribution in [-0.4, -0.2) is 42.7 Å². The van der Waals surface area contributed by atoms with Crippen LogP contribution >= 0.6 is 23.2 Å². The zero-order chi connectivity index (χ0) is 19.8. The van der Waals surface area contributed by atoms with Crippen LogP contribution in [-0.2, 0) is 16.6 Å². The van der Waals surface area contributed by atoms with Gasteiger partial charge >= 0.3 is 0 Å². The van der Waals surface area contributed by atoms with Crippen molar-refractivity contribution in [2.75, 3.05) is 32.8 Å². The van der Waals surface area contributed by atoms with Gasteiger partial charge in [-0.25, -0.2) is 0 Å². The summed E-state index contributed by atoms with van der Waals surface area (Å²) in [6.07, 6.45) is 6.97. The molecule has 3 rings (SSSR count). The third-order valence-electron chi connectivity index (χ3n) is 5.35. The van der Waals surface area contributed by atoms with Crippen molar-refractivity contribution in [1.82, 2.24) is 9.88 Å². The number of morpholine rings is 1. The Hall–Kier alpha value is -1.64. The highest BCUT2D eigenvalue weighted by Crippen LogP contribution is 2.36. The normalized spacial score (nSPS) is 17.0. The van der Waals surface area contributed by atoms with Gasteiger partial charge in [0.2, 0.25) is 0 Å². The molecule has 1 aromatic heterocycles. The maximum Gasteiger partial charge on any atom is 0.0863 e. The number of aromatic nitrogens is 1. The zero-order valence-corrected chi connectivity index (χ0v) is 17.4. The summed E-state index contributed by atoms with van der Waals surface area (Å²) in [6.45, 7) is 4.65. The van der Waals surface area contributed by atoms with E-state index in [1.54, 1.807) is 12.3 Å². The molecule has 0 aliphatic carbocycles. The molecule has 1 saturated heterocycles. The molecule has 148 valence electrons. The van der Waals surface area contributed by atoms with E-state index in [1.807, 2.05) is 30.5 Å². The van der Waals surface area contributed by atoms with Crippen LogP contribution in [0.15, 0.2) is 42.7 Å². The van der Waals surface area contributed by atoms with Crippen LogP contribution < -0.4 is 0 Å². The van der Waals surface area contributed by atoms with E-state index < -0.39 is 5.41 Å². The molecule has 0 spiro atoms. The van der Waals surface area contributed by atoms with Crippen molar-refractivity contribution < 1.29 is 4.74 Å². The standard InChI is InChI=1S/C22H25Cl2N3O/c23-20-6-5-19(14-21(20)24)22(17-25,15-18-4-3-8-26-16-18)7-1-2-9-27-10-12-28-13-11-27/h3-6,8,14,16H,1-2,7,9-13,15H2. The SMILES string of the molecule is N#CC(CCCCN1CCOCC1)(Cc1cccnc1)c1ccc(Cl)c(Cl)c1. The van der Waals surface area contributed by atoms with Crippen molar-refractivity contribution in [3.8, 4) is 6.07 Å². The molecular weight excluding hydrogens is 393 g/mol. The number of pyridine rings is 1. The topological polar surface area (TPSA) is 49.2 Å². The molecule has 1 unspecified atom stereocenters. The van der Waals surface area contributed by atoms with Crippen LogP contribution in [0, 0.1) is 11.3 Å². The van der Waals surface area contributed by atoms with E-state index >= 15 is 0 Å². The van der Waals surface area contributed by atoms with Gasteiger partial charge in [-0.15, -0.1) is 0 Å². The van der Waals surface area contributed by atoms with Crippen LogP contribution in [0.4, 0.5) is 0 Å². The highest BCUT2D eigenvalue weighted by molar-refractivity contribution is 6.42. The smallest absolute Gasteiger partial charge is 0.0863 e. The second kappa shape index (κ2) is 10.2. The molecular formula is C22H25Cl2N3O. The van der Waals surface area contributed by atoms with Crippen LogP contribution in [0.1, 0.15) is 30.4 Å². The number of ether oxygens (including phenoxy) is 1. The molecule has 4 nitrogen and oxygen atoms in total. The third-order valence-corrected chi connectivity index (χ3v) is 6.09. The Morgan fingerprint density at radius 3 is 2.64 bits per heavy atom. The van der Waals surface area contributed by atoms with Gasteiger partial charge in [-0.2, -0.15) is 5.26 Å². The Labute approximate surface area is 177 Å². The van der Waals surface area contributed by atoms with Gasteiger partial charge in [-0.05, 0) is 55.1 Å². The Morgan fingerprint density at radius 1 is 1.14 bits per heavy atom. The number of hydrogen-bond donors (Lipinski definition) is 0. The zero-order valence-electron chi connectivity index (χ0n) is 15.9. The molecule has 1 fully saturated rings. The summed E-state index contributed by atoms with van der Waals surface area (Å²) in [6, 6.07) is 12.1. The second-order valence-corrected chi connectivity index (χ2v) is 8.09. The number of rotatable bonds is 8. The largest absolute Gasteiger partial charge is 0.379 e. The molecule has 0 N–H and O–H groups in total. The van der Waals surface area contributed by atoms with Crippen molar-refractivity contribution in [3.63, 3.8) is 0 Å². The van der Waals surface area contributed by atoms with Crippen LogP contribution in [0.2, 0.25) is 10.0 Å². The van der Waals surface area contributed by atoms with Crippen LogP contribution in [0.5, 0.6) is 0 Å². The first kappa shape index (κ1) is 21.1. The molecule has 0 bridgehead atoms. The lowest BCUT2D eigenvalue weighted by Crippen LogP contribution is -2.37. The summed E-state index contributed by atoms with van der Waals surface area (Å²) in [5.41, 5.74) is 1.31. The highest BCUT2D eigenvalue weighted by atomic mass is 35.5. The number of halogens is 2. The average molecular weight is 418 g/mol. The summed E-state index contributed by atoms with van der Waals surface area (Å²) in [7, 11) is 0. The van der Waals surface area contributed by atoms with Gasteiger partial charge in [-0.3, -0.25) is 9.88 Å². The maximum absolute atomic E-state index is 10.2. The van der Waals surface area contributed by atoms with E-state index in [0.29, 0.717) is 16.5 Å². The lowest BCUT2D eigenvalue weighted by Gasteiger charge is -2.29. The number of nitrogens with zero attached hydrogens (tertiary/aromatic N) is 3. The summed E-state index contributed by atoms with van der Waals surface area (Å²) < 4.78 is 5.41. The van der Waals surface area contributed by atoms with Crippen molar-refractivity contribution in [3.05, 3.63) is 63.9 Å². The number of unbranched alkanes of at least 4 members (excludes halogenated alkanes) is 1. The highest BCUT2D eigenvalue weighted by Gasteiger charge is 2.33. The van der Waals surface area contributed by atoms with E-state index in [4.69, 9.17) is 27.9 Å². The Bertz CT molecular complexity index is 803. The average Bonchev–Trinajstić information content (AvgIpc) is 2.74. The second-order valence-electron chi connectivity index (χ2n) is 7.27. The monoisotopic (exact) mass is 417 g/mol. The van der Waals surface area contributed by atoms with Gasteiger partial charge in [0.1, 0.15) is 0 Å². The minimum atomic E-state index is -0.651. The Kier molecular flexibility index (Phi) is 7.70. The maximum atomic E-state index is 10.2. The molecule has 28 heavy (non-hydrogen) atoms. The van der Waals surface area contributed by atoms with E-state index in [1.165, 1.54) is 0 Å².